The van der Waals surface area contributed by atoms with Gasteiger partial charge in [-0.25, -0.2) is 0 Å². The van der Waals surface area contributed by atoms with Crippen LogP contribution in [0.5, 0.6) is 0 Å². The zero-order chi connectivity index (χ0) is 7.11. The predicted molar refractivity (Wildman–Crippen MR) is 37.1 cm³/mol. The van der Waals surface area contributed by atoms with E-state index in [9.17, 15) is 0 Å². The molecule has 0 aliphatic rings. The maximum absolute atomic E-state index is 5.33. The summed E-state index contributed by atoms with van der Waals surface area (Å²) < 4.78 is 0. The molecule has 0 saturated carbocycles. The van der Waals surface area contributed by atoms with Gasteiger partial charge in [0.1, 0.15) is 6.61 Å². The van der Waals surface area contributed by atoms with Crippen molar-refractivity contribution in [3.63, 3.8) is 0 Å². The molecule has 0 atom stereocenters. The Balaban J connectivity index is 3.00. The van der Waals surface area contributed by atoms with Crippen molar-refractivity contribution in [3.05, 3.63) is 0 Å². The second-order valence-electron chi connectivity index (χ2n) is 1.39. The maximum atomic E-state index is 5.33. The molecule has 54 valence electrons. The number of nitrogens with two attached hydrogens (primary N) is 2. The molecule has 0 aromatic carbocycles. The van der Waals surface area contributed by atoms with Crippen LogP contribution < -0.4 is 11.5 Å². The van der Waals surface area contributed by atoms with Crippen LogP contribution in [0, 0.1) is 0 Å². The number of guanidine groups is 1. The number of alkyl halides is 1. The minimum atomic E-state index is -0.0652. The van der Waals surface area contributed by atoms with Crippen molar-refractivity contribution in [3.8, 4) is 0 Å². The van der Waals surface area contributed by atoms with E-state index in [1.54, 1.807) is 0 Å². The molecule has 5 heteroatoms. The molecule has 0 unspecified atom stereocenters. The Hall–Kier alpha value is -0.640. The number of oxime groups is 1. The summed E-state index contributed by atoms with van der Waals surface area (Å²) in [5, 5.41) is 3.28. The van der Waals surface area contributed by atoms with Crippen LogP contribution in [-0.4, -0.2) is 18.4 Å². The van der Waals surface area contributed by atoms with E-state index in [1.807, 2.05) is 0 Å². The van der Waals surface area contributed by atoms with Gasteiger partial charge in [0, 0.05) is 5.88 Å². The zero-order valence-corrected chi connectivity index (χ0v) is 5.77. The fraction of sp³-hybridized carbons (Fsp3) is 0.750. The third kappa shape index (κ3) is 7.36. The maximum Gasteiger partial charge on any atom is 0.228 e. The van der Waals surface area contributed by atoms with Gasteiger partial charge in [-0.2, -0.15) is 0 Å². The first-order chi connectivity index (χ1) is 4.27. The lowest BCUT2D eigenvalue weighted by molar-refractivity contribution is 0.145. The second kappa shape index (κ2) is 5.50. The number of halogens is 1. The quantitative estimate of drug-likeness (QED) is 0.193. The van der Waals surface area contributed by atoms with Crippen LogP contribution in [0.1, 0.15) is 6.42 Å². The average molecular weight is 152 g/mol. The highest BCUT2D eigenvalue weighted by molar-refractivity contribution is 6.17. The van der Waals surface area contributed by atoms with Gasteiger partial charge in [0.2, 0.25) is 5.96 Å². The van der Waals surface area contributed by atoms with Crippen molar-refractivity contribution >= 4 is 17.6 Å². The monoisotopic (exact) mass is 151 g/mol. The first kappa shape index (κ1) is 8.36. The van der Waals surface area contributed by atoms with E-state index < -0.39 is 0 Å². The van der Waals surface area contributed by atoms with E-state index >= 15 is 0 Å². The third-order valence-corrected chi connectivity index (χ3v) is 0.806. The van der Waals surface area contributed by atoms with Gasteiger partial charge in [-0.05, 0) is 11.6 Å². The molecule has 0 aliphatic carbocycles. The van der Waals surface area contributed by atoms with E-state index in [1.165, 1.54) is 0 Å². The summed E-state index contributed by atoms with van der Waals surface area (Å²) in [6.45, 7) is 0.460. The standard InChI is InChI=1S/C4H10ClN3O/c5-2-1-3-9-8-4(6)7/h1-3H2,(H4,6,7,8). The van der Waals surface area contributed by atoms with Crippen LogP contribution in [0.4, 0.5) is 0 Å². The Kier molecular flexibility index (Phi) is 5.11. The Labute approximate surface area is 58.8 Å². The lowest BCUT2D eigenvalue weighted by Gasteiger charge is -1.94. The van der Waals surface area contributed by atoms with Gasteiger partial charge in [-0.3, -0.25) is 0 Å². The summed E-state index contributed by atoms with van der Waals surface area (Å²) in [6.07, 6.45) is 0.748. The van der Waals surface area contributed by atoms with Gasteiger partial charge >= 0.3 is 0 Å². The highest BCUT2D eigenvalue weighted by atomic mass is 35.5. The summed E-state index contributed by atoms with van der Waals surface area (Å²) in [5.74, 6) is 0.490. The molecule has 0 saturated heterocycles. The third-order valence-electron chi connectivity index (χ3n) is 0.539. The molecule has 0 heterocycles. The van der Waals surface area contributed by atoms with Crippen molar-refractivity contribution in [2.45, 2.75) is 6.42 Å². The normalized spacial score (nSPS) is 8.56. The van der Waals surface area contributed by atoms with Crippen LogP contribution >= 0.6 is 11.6 Å². The van der Waals surface area contributed by atoms with E-state index in [0.717, 1.165) is 6.42 Å². The Morgan fingerprint density at radius 1 is 1.56 bits per heavy atom. The van der Waals surface area contributed by atoms with Crippen molar-refractivity contribution in [1.82, 2.24) is 0 Å². The Bertz CT molecular complexity index is 91.8. The molecule has 0 aromatic heterocycles. The van der Waals surface area contributed by atoms with Crippen LogP contribution in [-0.2, 0) is 4.84 Å². The smallest absolute Gasteiger partial charge is 0.228 e. The largest absolute Gasteiger partial charge is 0.393 e. The van der Waals surface area contributed by atoms with Crippen LogP contribution in [0.15, 0.2) is 5.16 Å². The van der Waals surface area contributed by atoms with Gasteiger partial charge in [0.15, 0.2) is 0 Å². The molecule has 0 aromatic rings. The number of hydrogen-bond donors (Lipinski definition) is 2. The molecule has 0 fully saturated rings. The summed E-state index contributed by atoms with van der Waals surface area (Å²) in [4.78, 5) is 4.59. The summed E-state index contributed by atoms with van der Waals surface area (Å²) >= 11 is 5.33. The molecule has 0 spiro atoms. The molecule has 0 radical (unpaired) electrons. The first-order valence-electron chi connectivity index (χ1n) is 2.54. The summed E-state index contributed by atoms with van der Waals surface area (Å²) in [5.41, 5.74) is 9.89. The second-order valence-corrected chi connectivity index (χ2v) is 1.77. The van der Waals surface area contributed by atoms with Crippen molar-refractivity contribution in [2.75, 3.05) is 12.5 Å². The van der Waals surface area contributed by atoms with Gasteiger partial charge in [0.05, 0.1) is 0 Å². The molecule has 0 rings (SSSR count). The zero-order valence-electron chi connectivity index (χ0n) is 5.01. The van der Waals surface area contributed by atoms with Crippen LogP contribution in [0.2, 0.25) is 0 Å². The molecule has 4 N–H and O–H groups in total. The molecule has 9 heavy (non-hydrogen) atoms. The summed E-state index contributed by atoms with van der Waals surface area (Å²) in [7, 11) is 0. The van der Waals surface area contributed by atoms with Gasteiger partial charge in [-0.1, -0.05) is 0 Å². The van der Waals surface area contributed by atoms with E-state index in [2.05, 4.69) is 9.99 Å². The highest BCUT2D eigenvalue weighted by Gasteiger charge is 1.83. The highest BCUT2D eigenvalue weighted by Crippen LogP contribution is 1.85. The van der Waals surface area contributed by atoms with Gasteiger partial charge in [0.25, 0.3) is 0 Å². The van der Waals surface area contributed by atoms with Crippen molar-refractivity contribution in [2.24, 2.45) is 16.6 Å². The lowest BCUT2D eigenvalue weighted by atomic mass is 10.5. The van der Waals surface area contributed by atoms with Gasteiger partial charge in [-0.15, -0.1) is 11.6 Å². The lowest BCUT2D eigenvalue weighted by Crippen LogP contribution is -2.22. The molecule has 0 bridgehead atoms. The first-order valence-corrected chi connectivity index (χ1v) is 3.07. The van der Waals surface area contributed by atoms with Crippen LogP contribution in [0.25, 0.3) is 0 Å². The SMILES string of the molecule is NC(N)=NOCCCCl. The summed E-state index contributed by atoms with van der Waals surface area (Å²) in [6, 6.07) is 0. The van der Waals surface area contributed by atoms with E-state index in [0.29, 0.717) is 12.5 Å². The van der Waals surface area contributed by atoms with E-state index in [-0.39, 0.29) is 5.96 Å². The fourth-order valence-electron chi connectivity index (χ4n) is 0.239. The average Bonchev–Trinajstić information content (AvgIpc) is 1.80. The minimum absolute atomic E-state index is 0.0652. The van der Waals surface area contributed by atoms with E-state index in [4.69, 9.17) is 23.1 Å². The van der Waals surface area contributed by atoms with Crippen molar-refractivity contribution in [1.29, 1.82) is 0 Å². The van der Waals surface area contributed by atoms with Crippen molar-refractivity contribution < 1.29 is 4.84 Å². The molecule has 4 nitrogen and oxygen atoms in total. The van der Waals surface area contributed by atoms with Gasteiger partial charge < -0.3 is 16.3 Å². The Morgan fingerprint density at radius 3 is 2.67 bits per heavy atom. The number of hydrogen-bond acceptors (Lipinski definition) is 2. The minimum Gasteiger partial charge on any atom is -0.393 e. The molecule has 0 aliphatic heterocycles. The fourth-order valence-corrected chi connectivity index (χ4v) is 0.348. The number of nitrogens with zero attached hydrogens (tertiary/aromatic N) is 1. The van der Waals surface area contributed by atoms with Crippen LogP contribution in [0.3, 0.4) is 0 Å². The Morgan fingerprint density at radius 2 is 2.22 bits per heavy atom. The topological polar surface area (TPSA) is 73.6 Å². The predicted octanol–water partition coefficient (Wildman–Crippen LogP) is -0.180. The molecule has 0 amide bonds. The number of rotatable bonds is 4. The molecular weight excluding hydrogens is 142 g/mol. The molecular formula is C4H10ClN3O.